The van der Waals surface area contributed by atoms with E-state index in [4.69, 9.17) is 5.73 Å². The maximum Gasteiger partial charge on any atom is 0.160 e. The first-order valence-corrected chi connectivity index (χ1v) is 6.01. The molecule has 17 heavy (non-hydrogen) atoms. The van der Waals surface area contributed by atoms with Crippen molar-refractivity contribution >= 4 is 32.4 Å². The highest BCUT2D eigenvalue weighted by molar-refractivity contribution is 9.10. The largest absolute Gasteiger partial charge is 0.396 e. The molecule has 0 fully saturated rings. The van der Waals surface area contributed by atoms with Crippen molar-refractivity contribution in [3.8, 4) is 5.82 Å². The Morgan fingerprint density at radius 2 is 1.76 bits per heavy atom. The van der Waals surface area contributed by atoms with Gasteiger partial charge in [-0.3, -0.25) is 0 Å². The van der Waals surface area contributed by atoms with Gasteiger partial charge in [-0.25, -0.2) is 4.98 Å². The van der Waals surface area contributed by atoms with E-state index >= 15 is 0 Å². The third-order valence-electron chi connectivity index (χ3n) is 2.66. The number of nitrogens with two attached hydrogens (primary N) is 1. The molecule has 0 aliphatic heterocycles. The van der Waals surface area contributed by atoms with E-state index in [-0.39, 0.29) is 0 Å². The predicted molar refractivity (Wildman–Crippen MR) is 73.2 cm³/mol. The fraction of sp³-hybridized carbons (Fsp3) is 0. The van der Waals surface area contributed by atoms with Crippen LogP contribution >= 0.6 is 15.9 Å². The number of rotatable bonds is 1. The standard InChI is InChI=1S/C13H10BrN3/c14-11-5-12(15)13(16-6-11)17-7-9-3-1-2-4-10(9)8-17/h1-8H,15H2. The molecule has 0 atom stereocenters. The molecule has 2 aromatic heterocycles. The van der Waals surface area contributed by atoms with Crippen LogP contribution in [0.1, 0.15) is 0 Å². The summed E-state index contributed by atoms with van der Waals surface area (Å²) in [6.45, 7) is 0. The molecule has 0 bridgehead atoms. The Morgan fingerprint density at radius 1 is 1.12 bits per heavy atom. The van der Waals surface area contributed by atoms with Gasteiger partial charge in [0.25, 0.3) is 0 Å². The molecular weight excluding hydrogens is 278 g/mol. The van der Waals surface area contributed by atoms with Gasteiger partial charge in [-0.2, -0.15) is 0 Å². The van der Waals surface area contributed by atoms with E-state index in [9.17, 15) is 0 Å². The number of nitrogens with zero attached hydrogens (tertiary/aromatic N) is 2. The zero-order valence-corrected chi connectivity index (χ0v) is 10.6. The lowest BCUT2D eigenvalue weighted by Gasteiger charge is -2.05. The average Bonchev–Trinajstić information content (AvgIpc) is 2.72. The smallest absolute Gasteiger partial charge is 0.160 e. The van der Waals surface area contributed by atoms with Gasteiger partial charge in [0.2, 0.25) is 0 Å². The minimum absolute atomic E-state index is 0.652. The van der Waals surface area contributed by atoms with E-state index in [1.807, 2.05) is 35.2 Å². The zero-order valence-electron chi connectivity index (χ0n) is 8.97. The molecule has 2 heterocycles. The fourth-order valence-electron chi connectivity index (χ4n) is 1.87. The van der Waals surface area contributed by atoms with Gasteiger partial charge < -0.3 is 10.3 Å². The third-order valence-corrected chi connectivity index (χ3v) is 3.09. The molecule has 0 spiro atoms. The van der Waals surface area contributed by atoms with Crippen LogP contribution in [0.25, 0.3) is 16.6 Å². The van der Waals surface area contributed by atoms with Crippen LogP contribution in [0.3, 0.4) is 0 Å². The lowest BCUT2D eigenvalue weighted by Crippen LogP contribution is -2.00. The first kappa shape index (κ1) is 10.4. The van der Waals surface area contributed by atoms with Crippen LogP contribution in [0.15, 0.2) is 53.4 Å². The molecule has 3 aromatic rings. The summed E-state index contributed by atoms with van der Waals surface area (Å²) < 4.78 is 2.84. The first-order valence-electron chi connectivity index (χ1n) is 5.22. The lowest BCUT2D eigenvalue weighted by molar-refractivity contribution is 1.02. The summed E-state index contributed by atoms with van der Waals surface area (Å²) >= 11 is 3.35. The van der Waals surface area contributed by atoms with Crippen LogP contribution in [0.5, 0.6) is 0 Å². The summed E-state index contributed by atoms with van der Waals surface area (Å²) in [5.74, 6) is 0.754. The molecule has 0 unspecified atom stereocenters. The van der Waals surface area contributed by atoms with Gasteiger partial charge in [0, 0.05) is 23.1 Å². The minimum atomic E-state index is 0.652. The Morgan fingerprint density at radius 3 is 2.35 bits per heavy atom. The van der Waals surface area contributed by atoms with Gasteiger partial charge in [0.15, 0.2) is 5.82 Å². The molecule has 0 amide bonds. The Labute approximate surface area is 107 Å². The van der Waals surface area contributed by atoms with E-state index < -0.39 is 0 Å². The maximum atomic E-state index is 5.96. The van der Waals surface area contributed by atoms with E-state index in [0.717, 1.165) is 10.3 Å². The van der Waals surface area contributed by atoms with Crippen LogP contribution in [0.2, 0.25) is 0 Å². The molecule has 1 aromatic carbocycles. The van der Waals surface area contributed by atoms with Crippen molar-refractivity contribution < 1.29 is 0 Å². The lowest BCUT2D eigenvalue weighted by atomic mass is 10.2. The summed E-state index contributed by atoms with van der Waals surface area (Å²) in [5, 5.41) is 2.35. The van der Waals surface area contributed by atoms with E-state index in [0.29, 0.717) is 5.69 Å². The van der Waals surface area contributed by atoms with Crippen LogP contribution in [0, 0.1) is 0 Å². The highest BCUT2D eigenvalue weighted by atomic mass is 79.9. The van der Waals surface area contributed by atoms with Crippen molar-refractivity contribution in [3.63, 3.8) is 0 Å². The number of benzene rings is 1. The summed E-state index contributed by atoms with van der Waals surface area (Å²) in [5.41, 5.74) is 6.61. The van der Waals surface area contributed by atoms with Crippen LogP contribution in [-0.4, -0.2) is 9.55 Å². The van der Waals surface area contributed by atoms with Gasteiger partial charge in [-0.15, -0.1) is 0 Å². The van der Waals surface area contributed by atoms with Gasteiger partial charge in [0.05, 0.1) is 5.69 Å². The van der Waals surface area contributed by atoms with E-state index in [1.54, 1.807) is 6.20 Å². The highest BCUT2D eigenvalue weighted by Crippen LogP contribution is 2.23. The molecule has 0 aliphatic carbocycles. The van der Waals surface area contributed by atoms with Gasteiger partial charge in [-0.1, -0.05) is 24.3 Å². The number of pyridine rings is 1. The van der Waals surface area contributed by atoms with Crippen LogP contribution < -0.4 is 5.73 Å². The number of hydrogen-bond acceptors (Lipinski definition) is 2. The van der Waals surface area contributed by atoms with Gasteiger partial charge in [-0.05, 0) is 32.8 Å². The number of nitrogen functional groups attached to an aromatic ring is 1. The summed E-state index contributed by atoms with van der Waals surface area (Å²) in [7, 11) is 0. The monoisotopic (exact) mass is 287 g/mol. The first-order chi connectivity index (χ1) is 8.24. The normalized spacial score (nSPS) is 10.9. The van der Waals surface area contributed by atoms with Crippen molar-refractivity contribution in [2.45, 2.75) is 0 Å². The van der Waals surface area contributed by atoms with Gasteiger partial charge >= 0.3 is 0 Å². The second kappa shape index (κ2) is 3.89. The Bertz CT molecular complexity index is 655. The number of fused-ring (bicyclic) bond motifs is 1. The molecule has 3 rings (SSSR count). The number of anilines is 1. The topological polar surface area (TPSA) is 43.8 Å². The minimum Gasteiger partial charge on any atom is -0.396 e. The summed E-state index contributed by atoms with van der Waals surface area (Å²) in [4.78, 5) is 4.33. The molecule has 0 aliphatic rings. The number of halogens is 1. The fourth-order valence-corrected chi connectivity index (χ4v) is 2.22. The van der Waals surface area contributed by atoms with Crippen molar-refractivity contribution in [1.29, 1.82) is 0 Å². The van der Waals surface area contributed by atoms with Crippen molar-refractivity contribution in [2.75, 3.05) is 5.73 Å². The zero-order chi connectivity index (χ0) is 11.8. The SMILES string of the molecule is Nc1cc(Br)cnc1-n1cc2ccccc2c1. The van der Waals surface area contributed by atoms with Crippen molar-refractivity contribution in [2.24, 2.45) is 0 Å². The summed E-state index contributed by atoms with van der Waals surface area (Å²) in [6, 6.07) is 10.0. The molecule has 84 valence electrons. The molecule has 0 saturated carbocycles. The quantitative estimate of drug-likeness (QED) is 0.746. The number of aromatic nitrogens is 2. The molecule has 4 heteroatoms. The van der Waals surface area contributed by atoms with Crippen LogP contribution in [0.4, 0.5) is 5.69 Å². The van der Waals surface area contributed by atoms with Gasteiger partial charge in [0.1, 0.15) is 0 Å². The van der Waals surface area contributed by atoms with Crippen LogP contribution in [-0.2, 0) is 0 Å². The predicted octanol–water partition coefficient (Wildman–Crippen LogP) is 3.37. The third kappa shape index (κ3) is 1.80. The highest BCUT2D eigenvalue weighted by Gasteiger charge is 2.05. The van der Waals surface area contributed by atoms with E-state index in [1.165, 1.54) is 10.8 Å². The second-order valence-corrected chi connectivity index (χ2v) is 4.78. The number of hydrogen-bond donors (Lipinski definition) is 1. The second-order valence-electron chi connectivity index (χ2n) is 3.86. The molecule has 0 saturated heterocycles. The Kier molecular flexibility index (Phi) is 2.37. The molecule has 0 radical (unpaired) electrons. The Hall–Kier alpha value is -1.81. The van der Waals surface area contributed by atoms with Crippen molar-refractivity contribution in [3.05, 3.63) is 53.4 Å². The Balaban J connectivity index is 2.20. The maximum absolute atomic E-state index is 5.96. The average molecular weight is 288 g/mol. The van der Waals surface area contributed by atoms with E-state index in [2.05, 4.69) is 33.0 Å². The van der Waals surface area contributed by atoms with Crippen molar-refractivity contribution in [1.82, 2.24) is 9.55 Å². The molecule has 3 nitrogen and oxygen atoms in total. The summed E-state index contributed by atoms with van der Waals surface area (Å²) in [6.07, 6.45) is 5.81. The molecule has 2 N–H and O–H groups in total. The molecular formula is C13H10BrN3.